The number of urea groups is 1. The van der Waals surface area contributed by atoms with Gasteiger partial charge >= 0.3 is 12.0 Å². The highest BCUT2D eigenvalue weighted by Gasteiger charge is 2.27. The van der Waals surface area contributed by atoms with E-state index < -0.39 is 5.97 Å². The Morgan fingerprint density at radius 3 is 2.62 bits per heavy atom. The van der Waals surface area contributed by atoms with E-state index in [1.807, 2.05) is 24.3 Å². The lowest BCUT2D eigenvalue weighted by Gasteiger charge is -2.28. The van der Waals surface area contributed by atoms with Crippen LogP contribution in [0.15, 0.2) is 24.3 Å². The van der Waals surface area contributed by atoms with Crippen molar-refractivity contribution in [2.75, 3.05) is 13.2 Å². The lowest BCUT2D eigenvalue weighted by molar-refractivity contribution is -0.142. The molecular formula is C18H24N2O4. The zero-order valence-electron chi connectivity index (χ0n) is 13.7. The van der Waals surface area contributed by atoms with Crippen LogP contribution < -0.4 is 15.4 Å². The van der Waals surface area contributed by atoms with Crippen molar-refractivity contribution in [1.29, 1.82) is 0 Å². The lowest BCUT2D eigenvalue weighted by atomic mass is 9.86. The molecule has 1 aromatic carbocycles. The predicted molar refractivity (Wildman–Crippen MR) is 89.2 cm³/mol. The Morgan fingerprint density at radius 1 is 1.12 bits per heavy atom. The number of benzene rings is 1. The number of carboxylic acid groups (broad SMARTS) is 1. The van der Waals surface area contributed by atoms with Gasteiger partial charge < -0.3 is 20.5 Å². The highest BCUT2D eigenvalue weighted by molar-refractivity contribution is 5.74. The van der Waals surface area contributed by atoms with E-state index in [4.69, 9.17) is 9.84 Å². The molecule has 2 aliphatic rings. The summed E-state index contributed by atoms with van der Waals surface area (Å²) in [5.41, 5.74) is 1.14. The number of aliphatic carboxylic acids is 1. The second kappa shape index (κ2) is 7.55. The van der Waals surface area contributed by atoms with Crippen molar-refractivity contribution in [1.82, 2.24) is 10.6 Å². The molecule has 0 saturated heterocycles. The number of fused-ring (bicyclic) bond motifs is 1. The van der Waals surface area contributed by atoms with Crippen molar-refractivity contribution < 1.29 is 19.4 Å². The van der Waals surface area contributed by atoms with Gasteiger partial charge in [-0.25, -0.2) is 4.79 Å². The van der Waals surface area contributed by atoms with Crippen molar-refractivity contribution >= 4 is 12.0 Å². The van der Waals surface area contributed by atoms with Crippen LogP contribution in [0.5, 0.6) is 5.75 Å². The van der Waals surface area contributed by atoms with Gasteiger partial charge in [-0.3, -0.25) is 4.79 Å². The number of amides is 2. The summed E-state index contributed by atoms with van der Waals surface area (Å²) in [6.07, 6.45) is 3.61. The molecule has 24 heavy (non-hydrogen) atoms. The molecule has 130 valence electrons. The lowest BCUT2D eigenvalue weighted by Crippen LogP contribution is -2.45. The first-order valence-electron chi connectivity index (χ1n) is 8.62. The van der Waals surface area contributed by atoms with E-state index >= 15 is 0 Å². The molecule has 3 rings (SSSR count). The molecule has 2 amide bonds. The van der Waals surface area contributed by atoms with Gasteiger partial charge in [0.1, 0.15) is 5.75 Å². The summed E-state index contributed by atoms with van der Waals surface area (Å²) < 4.78 is 5.64. The van der Waals surface area contributed by atoms with Gasteiger partial charge in [-0.1, -0.05) is 18.2 Å². The first-order chi connectivity index (χ1) is 11.6. The van der Waals surface area contributed by atoms with Crippen LogP contribution >= 0.6 is 0 Å². The van der Waals surface area contributed by atoms with Gasteiger partial charge in [0.05, 0.1) is 12.5 Å². The van der Waals surface area contributed by atoms with Crippen LogP contribution in [0.25, 0.3) is 0 Å². The molecule has 1 aliphatic carbocycles. The fraction of sp³-hybridized carbons (Fsp3) is 0.556. The Morgan fingerprint density at radius 2 is 1.88 bits per heavy atom. The van der Waals surface area contributed by atoms with E-state index in [1.54, 1.807) is 0 Å². The van der Waals surface area contributed by atoms with Crippen molar-refractivity contribution in [3.05, 3.63) is 29.8 Å². The van der Waals surface area contributed by atoms with E-state index in [1.165, 1.54) is 0 Å². The molecule has 1 atom stereocenters. The Labute approximate surface area is 141 Å². The van der Waals surface area contributed by atoms with Gasteiger partial charge in [0.2, 0.25) is 0 Å². The Kier molecular flexibility index (Phi) is 5.23. The third-order valence-electron chi connectivity index (χ3n) is 5.00. The second-order valence-corrected chi connectivity index (χ2v) is 6.61. The molecule has 1 heterocycles. The van der Waals surface area contributed by atoms with Crippen molar-refractivity contribution in [2.24, 2.45) is 5.92 Å². The normalized spacial score (nSPS) is 25.9. The molecule has 0 radical (unpaired) electrons. The van der Waals surface area contributed by atoms with E-state index in [2.05, 4.69) is 10.6 Å². The monoisotopic (exact) mass is 332 g/mol. The smallest absolute Gasteiger partial charge is 0.315 e. The van der Waals surface area contributed by atoms with Crippen LogP contribution in [0.3, 0.4) is 0 Å². The number of carbonyl (C=O) groups is 2. The van der Waals surface area contributed by atoms with Crippen LogP contribution in [0.4, 0.5) is 4.79 Å². The number of rotatable bonds is 4. The first kappa shape index (κ1) is 16.6. The van der Waals surface area contributed by atoms with E-state index in [0.29, 0.717) is 26.0 Å². The highest BCUT2D eigenvalue weighted by Crippen LogP contribution is 2.32. The molecule has 1 aliphatic heterocycles. The first-order valence-corrected chi connectivity index (χ1v) is 8.62. The number of carboxylic acids is 1. The van der Waals surface area contributed by atoms with Gasteiger partial charge in [0, 0.05) is 18.5 Å². The van der Waals surface area contributed by atoms with Gasteiger partial charge in [-0.2, -0.15) is 0 Å². The Balaban J connectivity index is 1.45. The molecule has 0 spiro atoms. The molecule has 1 aromatic rings. The minimum absolute atomic E-state index is 0.0718. The third kappa shape index (κ3) is 3.99. The van der Waals surface area contributed by atoms with E-state index in [0.717, 1.165) is 30.6 Å². The van der Waals surface area contributed by atoms with E-state index in [-0.39, 0.29) is 23.9 Å². The average molecular weight is 332 g/mol. The van der Waals surface area contributed by atoms with Crippen molar-refractivity contribution in [3.8, 4) is 5.75 Å². The van der Waals surface area contributed by atoms with Gasteiger partial charge in [-0.15, -0.1) is 0 Å². The van der Waals surface area contributed by atoms with Crippen LogP contribution in [0, 0.1) is 5.92 Å². The summed E-state index contributed by atoms with van der Waals surface area (Å²) in [5.74, 6) is 0.187. The second-order valence-electron chi connectivity index (χ2n) is 6.61. The summed E-state index contributed by atoms with van der Waals surface area (Å²) in [5, 5.41) is 14.9. The molecule has 1 saturated carbocycles. The van der Waals surface area contributed by atoms with Gasteiger partial charge in [0.15, 0.2) is 0 Å². The van der Waals surface area contributed by atoms with Crippen molar-refractivity contribution in [3.63, 3.8) is 0 Å². The zero-order valence-corrected chi connectivity index (χ0v) is 13.7. The summed E-state index contributed by atoms with van der Waals surface area (Å²) in [7, 11) is 0. The van der Waals surface area contributed by atoms with Crippen molar-refractivity contribution in [2.45, 2.75) is 44.1 Å². The molecule has 1 unspecified atom stereocenters. The topological polar surface area (TPSA) is 87.7 Å². The van der Waals surface area contributed by atoms with Crippen LogP contribution in [-0.4, -0.2) is 36.3 Å². The molecule has 0 bridgehead atoms. The van der Waals surface area contributed by atoms with Gasteiger partial charge in [-0.05, 0) is 43.7 Å². The van der Waals surface area contributed by atoms with E-state index in [9.17, 15) is 9.59 Å². The summed E-state index contributed by atoms with van der Waals surface area (Å²) in [6, 6.07) is 7.85. The quantitative estimate of drug-likeness (QED) is 0.790. The maximum atomic E-state index is 12.1. The minimum atomic E-state index is -0.726. The predicted octanol–water partition coefficient (Wildman–Crippen LogP) is 2.50. The average Bonchev–Trinajstić information content (AvgIpc) is 2.60. The molecule has 6 heteroatoms. The molecule has 0 aromatic heterocycles. The zero-order chi connectivity index (χ0) is 16.9. The Hall–Kier alpha value is -2.24. The Bertz CT molecular complexity index is 596. The summed E-state index contributed by atoms with van der Waals surface area (Å²) in [6.45, 7) is 1.25. The summed E-state index contributed by atoms with van der Waals surface area (Å²) in [4.78, 5) is 23.1. The number of nitrogens with one attached hydrogen (secondary N) is 2. The number of hydrogen-bond donors (Lipinski definition) is 3. The standard InChI is InChI=1S/C18H24N2O4/c21-17(22)12-5-7-14(8-6-12)20-18(23)19-11-13-9-10-24-16-4-2-1-3-15(13)16/h1-4,12-14H,5-11H2,(H,21,22)(H2,19,20,23). The summed E-state index contributed by atoms with van der Waals surface area (Å²) >= 11 is 0. The molecule has 3 N–H and O–H groups in total. The maximum Gasteiger partial charge on any atom is 0.315 e. The molecule has 1 fully saturated rings. The van der Waals surface area contributed by atoms with Crippen LogP contribution in [0.1, 0.15) is 43.6 Å². The van der Waals surface area contributed by atoms with Crippen LogP contribution in [-0.2, 0) is 4.79 Å². The largest absolute Gasteiger partial charge is 0.493 e. The van der Waals surface area contributed by atoms with Crippen LogP contribution in [0.2, 0.25) is 0 Å². The SMILES string of the molecule is O=C(NCC1CCOc2ccccc21)NC1CCC(C(=O)O)CC1. The number of carbonyl (C=O) groups excluding carboxylic acids is 1. The number of ether oxygens (including phenoxy) is 1. The van der Waals surface area contributed by atoms with Gasteiger partial charge in [0.25, 0.3) is 0 Å². The molecular weight excluding hydrogens is 308 g/mol. The molecule has 6 nitrogen and oxygen atoms in total. The number of para-hydroxylation sites is 1. The fourth-order valence-electron chi connectivity index (χ4n) is 3.56. The third-order valence-corrected chi connectivity index (χ3v) is 5.00. The highest BCUT2D eigenvalue weighted by atomic mass is 16.5. The fourth-order valence-corrected chi connectivity index (χ4v) is 3.56. The number of hydrogen-bond acceptors (Lipinski definition) is 3. The minimum Gasteiger partial charge on any atom is -0.493 e. The maximum absolute atomic E-state index is 12.1.